The maximum atomic E-state index is 12.1. The number of likely N-dealkylation sites (N-methyl/N-ethyl adjacent to an activating group) is 1. The third-order valence-corrected chi connectivity index (χ3v) is 3.88. The van der Waals surface area contributed by atoms with Crippen LogP contribution in [0.3, 0.4) is 0 Å². The molecule has 0 aromatic heterocycles. The first-order chi connectivity index (χ1) is 11.0. The van der Waals surface area contributed by atoms with E-state index in [0.717, 1.165) is 25.3 Å². The van der Waals surface area contributed by atoms with Crippen LogP contribution in [0.1, 0.15) is 11.8 Å². The second-order valence-electron chi connectivity index (χ2n) is 5.86. The number of carbonyl (C=O) groups excluding carboxylic acids is 1. The molecular formula is C16H25N4NaO3. The quantitative estimate of drug-likeness (QED) is 0.598. The van der Waals surface area contributed by atoms with Gasteiger partial charge in [0, 0.05) is 45.0 Å². The Hall–Kier alpha value is -1.28. The standard InChI is InChI=1S/C16H24N4O3.Na.H/c1-18(2)8-7-17-16(23)20-11-9-19(10-12-20)14-5-3-13(4-6-14)15(21)22;;/h3-6H,7-12H2,1-2H3,(H,17,23)(H,21,22);;/q;+1;-1. The number of hydrogen-bond donors (Lipinski definition) is 2. The second-order valence-corrected chi connectivity index (χ2v) is 5.86. The topological polar surface area (TPSA) is 76.1 Å². The predicted molar refractivity (Wildman–Crippen MR) is 90.3 cm³/mol. The number of nitrogens with one attached hydrogen (secondary N) is 1. The summed E-state index contributed by atoms with van der Waals surface area (Å²) in [7, 11) is 3.95. The Morgan fingerprint density at radius 2 is 1.75 bits per heavy atom. The van der Waals surface area contributed by atoms with Crippen LogP contribution in [-0.4, -0.2) is 80.3 Å². The first-order valence-electron chi connectivity index (χ1n) is 7.73. The van der Waals surface area contributed by atoms with Crippen molar-refractivity contribution < 1.29 is 45.7 Å². The van der Waals surface area contributed by atoms with Crippen LogP contribution in [0, 0.1) is 0 Å². The molecule has 1 aromatic carbocycles. The minimum Gasteiger partial charge on any atom is -1.00 e. The third-order valence-electron chi connectivity index (χ3n) is 3.88. The van der Waals surface area contributed by atoms with Crippen molar-refractivity contribution in [1.82, 2.24) is 15.1 Å². The van der Waals surface area contributed by atoms with Crippen molar-refractivity contribution >= 4 is 17.7 Å². The Morgan fingerprint density at radius 3 is 2.25 bits per heavy atom. The van der Waals surface area contributed by atoms with Crippen LogP contribution in [0.5, 0.6) is 0 Å². The SMILES string of the molecule is CN(C)CCNC(=O)N1CCN(c2ccc(C(=O)O)cc2)CC1.[H-].[Na+]. The smallest absolute Gasteiger partial charge is 1.00 e. The number of carboxylic acids is 1. The van der Waals surface area contributed by atoms with Gasteiger partial charge in [0.1, 0.15) is 0 Å². The molecule has 8 heteroatoms. The summed E-state index contributed by atoms with van der Waals surface area (Å²) in [5.74, 6) is -0.921. The molecule has 0 radical (unpaired) electrons. The van der Waals surface area contributed by atoms with E-state index in [-0.39, 0.29) is 42.6 Å². The summed E-state index contributed by atoms with van der Waals surface area (Å²) in [6.07, 6.45) is 0. The maximum Gasteiger partial charge on any atom is 1.00 e. The molecule has 0 spiro atoms. The molecule has 1 aliphatic heterocycles. The van der Waals surface area contributed by atoms with Gasteiger partial charge in [0.2, 0.25) is 0 Å². The van der Waals surface area contributed by atoms with Crippen LogP contribution >= 0.6 is 0 Å². The van der Waals surface area contributed by atoms with E-state index in [2.05, 4.69) is 10.2 Å². The summed E-state index contributed by atoms with van der Waals surface area (Å²) in [5, 5.41) is 11.8. The Morgan fingerprint density at radius 1 is 1.17 bits per heavy atom. The molecule has 2 rings (SSSR count). The summed E-state index contributed by atoms with van der Waals surface area (Å²) >= 11 is 0. The van der Waals surface area contributed by atoms with E-state index >= 15 is 0 Å². The Balaban J connectivity index is 0.00000288. The summed E-state index contributed by atoms with van der Waals surface area (Å²) < 4.78 is 0. The van der Waals surface area contributed by atoms with E-state index in [1.54, 1.807) is 12.1 Å². The van der Waals surface area contributed by atoms with Gasteiger partial charge in [-0.05, 0) is 38.4 Å². The zero-order chi connectivity index (χ0) is 16.8. The molecule has 128 valence electrons. The van der Waals surface area contributed by atoms with Crippen LogP contribution in [-0.2, 0) is 0 Å². The molecule has 2 N–H and O–H groups in total. The number of carboxylic acid groups (broad SMARTS) is 1. The van der Waals surface area contributed by atoms with Gasteiger partial charge >= 0.3 is 41.6 Å². The van der Waals surface area contributed by atoms with Crippen molar-refractivity contribution in [2.24, 2.45) is 0 Å². The molecule has 1 fully saturated rings. The van der Waals surface area contributed by atoms with Gasteiger partial charge in [0.05, 0.1) is 5.56 Å². The van der Waals surface area contributed by atoms with E-state index in [4.69, 9.17) is 5.11 Å². The van der Waals surface area contributed by atoms with E-state index in [1.807, 2.05) is 36.0 Å². The second kappa shape index (κ2) is 9.88. The van der Waals surface area contributed by atoms with Gasteiger partial charge in [-0.1, -0.05) is 0 Å². The van der Waals surface area contributed by atoms with Crippen LogP contribution in [0.2, 0.25) is 0 Å². The Labute approximate surface area is 166 Å². The van der Waals surface area contributed by atoms with Crippen molar-refractivity contribution in [2.75, 3.05) is 58.3 Å². The van der Waals surface area contributed by atoms with Gasteiger partial charge in [-0.15, -0.1) is 0 Å². The summed E-state index contributed by atoms with van der Waals surface area (Å²) in [5.41, 5.74) is 1.27. The van der Waals surface area contributed by atoms with Crippen molar-refractivity contribution in [3.63, 3.8) is 0 Å². The van der Waals surface area contributed by atoms with Gasteiger partial charge in [-0.2, -0.15) is 0 Å². The fourth-order valence-corrected chi connectivity index (χ4v) is 2.48. The van der Waals surface area contributed by atoms with Gasteiger partial charge < -0.3 is 26.5 Å². The molecule has 0 atom stereocenters. The molecule has 1 heterocycles. The van der Waals surface area contributed by atoms with Crippen LogP contribution in [0.4, 0.5) is 10.5 Å². The zero-order valence-corrected chi connectivity index (χ0v) is 16.7. The number of nitrogens with zero attached hydrogens (tertiary/aromatic N) is 3. The molecule has 1 saturated heterocycles. The van der Waals surface area contributed by atoms with Crippen molar-refractivity contribution in [1.29, 1.82) is 0 Å². The number of hydrogen-bond acceptors (Lipinski definition) is 4. The number of urea groups is 1. The molecule has 1 aliphatic rings. The number of anilines is 1. The largest absolute Gasteiger partial charge is 1.00 e. The van der Waals surface area contributed by atoms with Crippen LogP contribution in [0.15, 0.2) is 24.3 Å². The number of benzene rings is 1. The molecule has 2 amide bonds. The minimum atomic E-state index is -0.921. The summed E-state index contributed by atoms with van der Waals surface area (Å²) in [4.78, 5) is 28.9. The average molecular weight is 344 g/mol. The maximum absolute atomic E-state index is 12.1. The molecular weight excluding hydrogens is 319 g/mol. The van der Waals surface area contributed by atoms with Gasteiger partial charge in [-0.25, -0.2) is 9.59 Å². The number of piperazine rings is 1. The third kappa shape index (κ3) is 5.98. The fourth-order valence-electron chi connectivity index (χ4n) is 2.48. The number of carbonyl (C=O) groups is 2. The number of aromatic carboxylic acids is 1. The predicted octanol–water partition coefficient (Wildman–Crippen LogP) is -2.11. The van der Waals surface area contributed by atoms with Crippen molar-refractivity contribution in [2.45, 2.75) is 0 Å². The van der Waals surface area contributed by atoms with E-state index < -0.39 is 5.97 Å². The number of rotatable bonds is 5. The van der Waals surface area contributed by atoms with Crippen molar-refractivity contribution in [3.05, 3.63) is 29.8 Å². The summed E-state index contributed by atoms with van der Waals surface area (Å²) in [6, 6.07) is 6.83. The molecule has 24 heavy (non-hydrogen) atoms. The van der Waals surface area contributed by atoms with E-state index in [1.165, 1.54) is 0 Å². The van der Waals surface area contributed by atoms with Gasteiger partial charge in [0.15, 0.2) is 0 Å². The Bertz CT molecular complexity index is 549. The fraction of sp³-hybridized carbons (Fsp3) is 0.500. The molecule has 7 nitrogen and oxygen atoms in total. The molecule has 0 unspecified atom stereocenters. The minimum absolute atomic E-state index is 0. The van der Waals surface area contributed by atoms with Gasteiger partial charge in [0.25, 0.3) is 0 Å². The zero-order valence-electron chi connectivity index (χ0n) is 15.7. The van der Waals surface area contributed by atoms with Crippen LogP contribution < -0.4 is 39.8 Å². The van der Waals surface area contributed by atoms with E-state index in [9.17, 15) is 9.59 Å². The molecule has 0 saturated carbocycles. The first-order valence-corrected chi connectivity index (χ1v) is 7.73. The normalized spacial score (nSPS) is 14.3. The molecule has 0 aliphatic carbocycles. The van der Waals surface area contributed by atoms with E-state index in [0.29, 0.717) is 19.6 Å². The molecule has 1 aromatic rings. The number of amides is 2. The van der Waals surface area contributed by atoms with Crippen molar-refractivity contribution in [3.8, 4) is 0 Å². The monoisotopic (exact) mass is 344 g/mol. The molecule has 0 bridgehead atoms. The summed E-state index contributed by atoms with van der Waals surface area (Å²) in [6.45, 7) is 4.27. The Kier molecular flexibility index (Phi) is 8.55. The van der Waals surface area contributed by atoms with Gasteiger partial charge in [-0.3, -0.25) is 0 Å². The van der Waals surface area contributed by atoms with Crippen LogP contribution in [0.25, 0.3) is 0 Å². The average Bonchev–Trinajstić information content (AvgIpc) is 2.54. The first kappa shape index (κ1) is 20.8.